The van der Waals surface area contributed by atoms with Crippen LogP contribution in [-0.2, 0) is 0 Å². The summed E-state index contributed by atoms with van der Waals surface area (Å²) >= 11 is 1.59. The molecule has 0 bridgehead atoms. The zero-order valence-corrected chi connectivity index (χ0v) is 14.6. The van der Waals surface area contributed by atoms with Crippen LogP contribution < -0.4 is 9.05 Å². The zero-order chi connectivity index (χ0) is 16.6. The number of benzene rings is 2. The van der Waals surface area contributed by atoms with E-state index in [4.69, 9.17) is 9.05 Å². The molecule has 0 aliphatic rings. The Bertz CT molecular complexity index is 731. The van der Waals surface area contributed by atoms with Crippen molar-refractivity contribution in [1.29, 1.82) is 5.26 Å². The highest BCUT2D eigenvalue weighted by molar-refractivity contribution is 7.48. The van der Waals surface area contributed by atoms with Crippen LogP contribution in [0, 0.1) is 11.3 Å². The fraction of sp³-hybridized carbons (Fsp3) is 0.105. The largest absolute Gasteiger partial charge is 0.439 e. The van der Waals surface area contributed by atoms with Crippen molar-refractivity contribution in [3.63, 3.8) is 0 Å². The molecular weight excluding hydrogens is 337 g/mol. The van der Waals surface area contributed by atoms with Gasteiger partial charge in [0.15, 0.2) is 0 Å². The first-order valence-electron chi connectivity index (χ1n) is 7.52. The third-order valence-electron chi connectivity index (χ3n) is 3.27. The summed E-state index contributed by atoms with van der Waals surface area (Å²) < 4.78 is 12.1. The average molecular weight is 353 g/mol. The van der Waals surface area contributed by atoms with E-state index in [1.165, 1.54) is 0 Å². The van der Waals surface area contributed by atoms with Crippen LogP contribution in [0.3, 0.4) is 0 Å². The lowest BCUT2D eigenvalue weighted by Crippen LogP contribution is -2.06. The number of para-hydroxylation sites is 2. The molecule has 1 atom stereocenters. The maximum absolute atomic E-state index is 9.53. The standard InChI is InChI=1S/C19H16NO2PS/c20-14-16(19-12-7-13-24-19)15-23(21-17-8-3-1-4-9-17)22-18-10-5-2-6-11-18/h1-13,16H,15H2. The minimum absolute atomic E-state index is 0.233. The Kier molecular flexibility index (Phi) is 5.85. The van der Waals surface area contributed by atoms with E-state index in [0.717, 1.165) is 16.4 Å². The van der Waals surface area contributed by atoms with Crippen molar-refractivity contribution in [3.8, 4) is 17.6 Å². The predicted octanol–water partition coefficient (Wildman–Crippen LogP) is 5.83. The van der Waals surface area contributed by atoms with Crippen LogP contribution >= 0.6 is 19.7 Å². The van der Waals surface area contributed by atoms with Gasteiger partial charge in [-0.15, -0.1) is 11.3 Å². The van der Waals surface area contributed by atoms with E-state index in [-0.39, 0.29) is 5.92 Å². The normalized spacial score (nSPS) is 11.7. The van der Waals surface area contributed by atoms with Crippen LogP contribution in [0.1, 0.15) is 10.8 Å². The molecule has 1 unspecified atom stereocenters. The highest BCUT2D eigenvalue weighted by atomic mass is 32.1. The smallest absolute Gasteiger partial charge is 0.292 e. The second kappa shape index (κ2) is 8.49. The first-order chi connectivity index (χ1) is 11.8. The molecule has 24 heavy (non-hydrogen) atoms. The van der Waals surface area contributed by atoms with E-state index >= 15 is 0 Å². The topological polar surface area (TPSA) is 42.2 Å². The second-order valence-electron chi connectivity index (χ2n) is 5.02. The fourth-order valence-electron chi connectivity index (χ4n) is 2.12. The summed E-state index contributed by atoms with van der Waals surface area (Å²) in [6.07, 6.45) is 0.524. The van der Waals surface area contributed by atoms with Gasteiger partial charge in [-0.25, -0.2) is 0 Å². The third-order valence-corrected chi connectivity index (χ3v) is 5.75. The Balaban J connectivity index is 1.77. The lowest BCUT2D eigenvalue weighted by molar-refractivity contribution is 0.487. The van der Waals surface area contributed by atoms with Gasteiger partial charge in [0, 0.05) is 4.88 Å². The van der Waals surface area contributed by atoms with E-state index in [1.54, 1.807) is 11.3 Å². The van der Waals surface area contributed by atoms with Crippen LogP contribution in [-0.4, -0.2) is 6.16 Å². The van der Waals surface area contributed by atoms with E-state index in [9.17, 15) is 5.26 Å². The molecule has 3 aromatic rings. The van der Waals surface area contributed by atoms with Crippen molar-refractivity contribution in [1.82, 2.24) is 0 Å². The van der Waals surface area contributed by atoms with E-state index in [1.807, 2.05) is 78.2 Å². The van der Waals surface area contributed by atoms with Gasteiger partial charge < -0.3 is 9.05 Å². The third kappa shape index (κ3) is 4.58. The Labute approximate surface area is 147 Å². The van der Waals surface area contributed by atoms with Gasteiger partial charge in [0.2, 0.25) is 0 Å². The summed E-state index contributed by atoms with van der Waals surface area (Å²) in [5, 5.41) is 11.5. The highest BCUT2D eigenvalue weighted by Gasteiger charge is 2.23. The molecule has 2 aromatic carbocycles. The summed E-state index contributed by atoms with van der Waals surface area (Å²) in [6.45, 7) is 0. The van der Waals surface area contributed by atoms with Crippen LogP contribution in [0.25, 0.3) is 0 Å². The van der Waals surface area contributed by atoms with Crippen LogP contribution in [0.5, 0.6) is 11.5 Å². The Hall–Kier alpha value is -2.34. The molecule has 0 saturated carbocycles. The van der Waals surface area contributed by atoms with Gasteiger partial charge >= 0.3 is 0 Å². The highest BCUT2D eigenvalue weighted by Crippen LogP contribution is 2.44. The van der Waals surface area contributed by atoms with Crippen molar-refractivity contribution in [2.45, 2.75) is 5.92 Å². The lowest BCUT2D eigenvalue weighted by atomic mass is 10.2. The number of hydrogen-bond acceptors (Lipinski definition) is 4. The average Bonchev–Trinajstić information content (AvgIpc) is 3.16. The minimum atomic E-state index is -1.28. The molecule has 0 spiro atoms. The molecule has 0 aliphatic carbocycles. The van der Waals surface area contributed by atoms with Gasteiger partial charge in [-0.05, 0) is 35.7 Å². The van der Waals surface area contributed by atoms with E-state index < -0.39 is 8.38 Å². The molecule has 120 valence electrons. The molecule has 0 radical (unpaired) electrons. The van der Waals surface area contributed by atoms with Crippen molar-refractivity contribution in [2.75, 3.05) is 6.16 Å². The van der Waals surface area contributed by atoms with Crippen molar-refractivity contribution in [3.05, 3.63) is 83.1 Å². The quantitative estimate of drug-likeness (QED) is 0.502. The van der Waals surface area contributed by atoms with Crippen LogP contribution in [0.4, 0.5) is 0 Å². The summed E-state index contributed by atoms with van der Waals surface area (Å²) in [4.78, 5) is 1.04. The number of nitriles is 1. The molecule has 0 fully saturated rings. The van der Waals surface area contributed by atoms with Crippen molar-refractivity contribution in [2.24, 2.45) is 0 Å². The maximum atomic E-state index is 9.53. The molecule has 0 saturated heterocycles. The van der Waals surface area contributed by atoms with E-state index in [0.29, 0.717) is 6.16 Å². The summed E-state index contributed by atoms with van der Waals surface area (Å²) in [7, 11) is -1.28. The first-order valence-corrected chi connectivity index (χ1v) is 9.76. The first kappa shape index (κ1) is 16.5. The molecule has 5 heteroatoms. The van der Waals surface area contributed by atoms with Gasteiger partial charge in [-0.1, -0.05) is 42.5 Å². The monoisotopic (exact) mass is 353 g/mol. The molecule has 0 aliphatic heterocycles. The van der Waals surface area contributed by atoms with Crippen molar-refractivity contribution >= 4 is 19.7 Å². The summed E-state index contributed by atoms with van der Waals surface area (Å²) in [6, 6.07) is 25.5. The SMILES string of the molecule is N#CC(CP(Oc1ccccc1)Oc1ccccc1)c1cccs1. The zero-order valence-electron chi connectivity index (χ0n) is 12.9. The fourth-order valence-corrected chi connectivity index (χ4v) is 4.50. The van der Waals surface area contributed by atoms with Gasteiger partial charge in [-0.2, -0.15) is 5.26 Å². The van der Waals surface area contributed by atoms with Gasteiger partial charge in [-0.3, -0.25) is 0 Å². The number of rotatable bonds is 7. The molecule has 0 amide bonds. The Morgan fingerprint density at radius 2 is 1.46 bits per heavy atom. The number of thiophene rings is 1. The van der Waals surface area contributed by atoms with Crippen LogP contribution in [0.15, 0.2) is 78.2 Å². The van der Waals surface area contributed by atoms with Gasteiger partial charge in [0.25, 0.3) is 8.38 Å². The van der Waals surface area contributed by atoms with Gasteiger partial charge in [0.05, 0.1) is 18.1 Å². The van der Waals surface area contributed by atoms with Crippen LogP contribution in [0.2, 0.25) is 0 Å². The lowest BCUT2D eigenvalue weighted by Gasteiger charge is -2.20. The summed E-state index contributed by atoms with van der Waals surface area (Å²) in [5.41, 5.74) is 0. The molecule has 0 N–H and O–H groups in total. The van der Waals surface area contributed by atoms with Crippen molar-refractivity contribution < 1.29 is 9.05 Å². The molecule has 1 heterocycles. The van der Waals surface area contributed by atoms with Gasteiger partial charge in [0.1, 0.15) is 11.5 Å². The number of hydrogen-bond donors (Lipinski definition) is 0. The Morgan fingerprint density at radius 1 is 0.875 bits per heavy atom. The minimum Gasteiger partial charge on any atom is -0.439 e. The molecule has 3 nitrogen and oxygen atoms in total. The second-order valence-corrected chi connectivity index (χ2v) is 7.40. The maximum Gasteiger partial charge on any atom is 0.292 e. The summed E-state index contributed by atoms with van der Waals surface area (Å²) in [5.74, 6) is 1.27. The molecule has 3 rings (SSSR count). The molecular formula is C19H16NO2PS. The van der Waals surface area contributed by atoms with E-state index in [2.05, 4.69) is 6.07 Å². The predicted molar refractivity (Wildman–Crippen MR) is 98.6 cm³/mol. The number of nitrogens with zero attached hydrogens (tertiary/aromatic N) is 1. The Morgan fingerprint density at radius 3 is 1.92 bits per heavy atom. The molecule has 1 aromatic heterocycles.